The first kappa shape index (κ1) is 28.0. The van der Waals surface area contributed by atoms with E-state index < -0.39 is 10.8 Å². The van der Waals surface area contributed by atoms with Gasteiger partial charge in [-0.25, -0.2) is 5.43 Å². The highest BCUT2D eigenvalue weighted by Crippen LogP contribution is 2.37. The van der Waals surface area contributed by atoms with E-state index in [1.165, 1.54) is 25.5 Å². The molecule has 3 rings (SSSR count). The summed E-state index contributed by atoms with van der Waals surface area (Å²) in [5, 5.41) is 15.1. The number of methoxy groups -OCH3 is 1. The third-order valence-corrected chi connectivity index (χ3v) is 5.31. The van der Waals surface area contributed by atoms with E-state index in [1.807, 2.05) is 6.92 Å². The van der Waals surface area contributed by atoms with Crippen LogP contribution in [0.5, 0.6) is 23.0 Å². The van der Waals surface area contributed by atoms with Crippen LogP contribution in [0, 0.1) is 10.1 Å². The van der Waals surface area contributed by atoms with Gasteiger partial charge in [-0.05, 0) is 60.5 Å². The van der Waals surface area contributed by atoms with Gasteiger partial charge in [-0.3, -0.25) is 14.9 Å². The summed E-state index contributed by atoms with van der Waals surface area (Å²) < 4.78 is 22.3. The van der Waals surface area contributed by atoms with E-state index in [0.29, 0.717) is 47.3 Å². The maximum atomic E-state index is 12.6. The summed E-state index contributed by atoms with van der Waals surface area (Å²) in [6.07, 6.45) is 3.03. The standard InChI is InChI=1S/C27H26ClN3O7/c1-4-12-37-23-11-8-20(15-24(23)35-3)27(32)30-29-16-19-13-22(28)26(25(14-19)36-5-2)38-17-18-6-9-21(10-7-18)31(33)34/h4,6-11,13-16H,1,5,12,17H2,2-3H3,(H,30,32)/b29-16+. The Morgan fingerprint density at radius 3 is 2.50 bits per heavy atom. The molecule has 0 aromatic heterocycles. The molecule has 0 atom stereocenters. The zero-order chi connectivity index (χ0) is 27.5. The Hall–Kier alpha value is -4.57. The Kier molecular flexibility index (Phi) is 10.1. The summed E-state index contributed by atoms with van der Waals surface area (Å²) in [5.74, 6) is 1.14. The van der Waals surface area contributed by atoms with E-state index in [-0.39, 0.29) is 17.3 Å². The van der Waals surface area contributed by atoms with Gasteiger partial charge in [0.05, 0.1) is 29.9 Å². The number of carbonyl (C=O) groups excluding carboxylic acids is 1. The van der Waals surface area contributed by atoms with Crippen molar-refractivity contribution in [3.8, 4) is 23.0 Å². The number of benzene rings is 3. The third-order valence-electron chi connectivity index (χ3n) is 5.02. The van der Waals surface area contributed by atoms with Gasteiger partial charge in [0, 0.05) is 17.7 Å². The smallest absolute Gasteiger partial charge is 0.271 e. The molecule has 0 spiro atoms. The molecule has 0 radical (unpaired) electrons. The largest absolute Gasteiger partial charge is 0.493 e. The number of rotatable bonds is 13. The van der Waals surface area contributed by atoms with Crippen molar-refractivity contribution in [1.29, 1.82) is 0 Å². The van der Waals surface area contributed by atoms with Crippen LogP contribution in [0.25, 0.3) is 0 Å². The number of nitro groups is 1. The number of hydrogen-bond acceptors (Lipinski definition) is 8. The number of nitrogens with zero attached hydrogens (tertiary/aromatic N) is 2. The second kappa shape index (κ2) is 13.7. The molecule has 38 heavy (non-hydrogen) atoms. The van der Waals surface area contributed by atoms with Gasteiger partial charge in [0.25, 0.3) is 11.6 Å². The number of carbonyl (C=O) groups is 1. The highest BCUT2D eigenvalue weighted by atomic mass is 35.5. The van der Waals surface area contributed by atoms with E-state index >= 15 is 0 Å². The highest BCUT2D eigenvalue weighted by Gasteiger charge is 2.14. The SMILES string of the molecule is C=CCOc1ccc(C(=O)N/N=C/c2cc(Cl)c(OCc3ccc([N+](=O)[O-])cc3)c(OCC)c2)cc1OC. The lowest BCUT2D eigenvalue weighted by Gasteiger charge is -2.14. The molecular weight excluding hydrogens is 514 g/mol. The monoisotopic (exact) mass is 539 g/mol. The van der Waals surface area contributed by atoms with Gasteiger partial charge in [-0.2, -0.15) is 5.10 Å². The van der Waals surface area contributed by atoms with Crippen molar-refractivity contribution >= 4 is 29.4 Å². The maximum Gasteiger partial charge on any atom is 0.271 e. The summed E-state index contributed by atoms with van der Waals surface area (Å²) in [7, 11) is 1.48. The Bertz CT molecular complexity index is 1330. The van der Waals surface area contributed by atoms with Crippen LogP contribution in [0.3, 0.4) is 0 Å². The first-order valence-corrected chi connectivity index (χ1v) is 11.8. The minimum absolute atomic E-state index is 0.00814. The summed E-state index contributed by atoms with van der Waals surface area (Å²) >= 11 is 6.45. The molecular formula is C27H26ClN3O7. The highest BCUT2D eigenvalue weighted by molar-refractivity contribution is 6.32. The van der Waals surface area contributed by atoms with Gasteiger partial charge >= 0.3 is 0 Å². The van der Waals surface area contributed by atoms with Gasteiger partial charge in [0.1, 0.15) is 13.2 Å². The first-order valence-electron chi connectivity index (χ1n) is 11.4. The normalized spacial score (nSPS) is 10.6. The number of halogens is 1. The summed E-state index contributed by atoms with van der Waals surface area (Å²) in [6, 6.07) is 14.1. The van der Waals surface area contributed by atoms with Crippen molar-refractivity contribution in [1.82, 2.24) is 5.43 Å². The van der Waals surface area contributed by atoms with Crippen LogP contribution >= 0.6 is 11.6 Å². The summed E-state index contributed by atoms with van der Waals surface area (Å²) in [6.45, 7) is 6.21. The Morgan fingerprint density at radius 2 is 1.84 bits per heavy atom. The van der Waals surface area contributed by atoms with Gasteiger partial charge in [-0.15, -0.1) is 0 Å². The molecule has 3 aromatic carbocycles. The molecule has 0 unspecified atom stereocenters. The molecule has 0 aliphatic heterocycles. The minimum atomic E-state index is -0.468. The molecule has 0 aliphatic rings. The molecule has 0 aliphatic carbocycles. The molecule has 0 fully saturated rings. The third kappa shape index (κ3) is 7.47. The van der Waals surface area contributed by atoms with Gasteiger partial charge in [-0.1, -0.05) is 24.3 Å². The van der Waals surface area contributed by atoms with Crippen molar-refractivity contribution in [2.45, 2.75) is 13.5 Å². The Balaban J connectivity index is 1.69. The van der Waals surface area contributed by atoms with E-state index in [2.05, 4.69) is 17.1 Å². The molecule has 1 amide bonds. The molecule has 11 heteroatoms. The predicted molar refractivity (Wildman–Crippen MR) is 144 cm³/mol. The molecule has 0 saturated carbocycles. The van der Waals surface area contributed by atoms with Crippen molar-refractivity contribution in [3.05, 3.63) is 99.1 Å². The lowest BCUT2D eigenvalue weighted by atomic mass is 10.2. The second-order valence-electron chi connectivity index (χ2n) is 7.64. The number of ether oxygens (including phenoxy) is 4. The fraction of sp³-hybridized carbons (Fsp3) is 0.185. The number of nitro benzene ring substituents is 1. The molecule has 0 bridgehead atoms. The van der Waals surface area contributed by atoms with Crippen LogP contribution in [-0.2, 0) is 6.61 Å². The van der Waals surface area contributed by atoms with Gasteiger partial charge in [0.2, 0.25) is 0 Å². The van der Waals surface area contributed by atoms with Crippen LogP contribution < -0.4 is 24.4 Å². The number of non-ortho nitro benzene ring substituents is 1. The molecule has 3 aromatic rings. The number of hydrazone groups is 1. The maximum absolute atomic E-state index is 12.6. The Morgan fingerprint density at radius 1 is 1.08 bits per heavy atom. The summed E-state index contributed by atoms with van der Waals surface area (Å²) in [5.41, 5.74) is 4.06. The minimum Gasteiger partial charge on any atom is -0.493 e. The molecule has 0 saturated heterocycles. The van der Waals surface area contributed by atoms with Crippen LogP contribution in [0.4, 0.5) is 5.69 Å². The Labute approximate surface area is 224 Å². The van der Waals surface area contributed by atoms with Crippen LogP contribution in [0.2, 0.25) is 5.02 Å². The molecule has 1 N–H and O–H groups in total. The van der Waals surface area contributed by atoms with Crippen LogP contribution in [0.15, 0.2) is 72.4 Å². The number of nitrogens with one attached hydrogen (secondary N) is 1. The lowest BCUT2D eigenvalue weighted by Crippen LogP contribution is -2.17. The number of amides is 1. The summed E-state index contributed by atoms with van der Waals surface area (Å²) in [4.78, 5) is 22.9. The zero-order valence-corrected chi connectivity index (χ0v) is 21.6. The molecule has 198 valence electrons. The molecule has 10 nitrogen and oxygen atoms in total. The average Bonchev–Trinajstić information content (AvgIpc) is 2.91. The molecule has 0 heterocycles. The van der Waals surface area contributed by atoms with Gasteiger partial charge < -0.3 is 18.9 Å². The van der Waals surface area contributed by atoms with Crippen molar-refractivity contribution in [2.75, 3.05) is 20.3 Å². The zero-order valence-electron chi connectivity index (χ0n) is 20.8. The van der Waals surface area contributed by atoms with E-state index in [4.69, 9.17) is 30.5 Å². The predicted octanol–water partition coefficient (Wildman–Crippen LogP) is 5.56. The van der Waals surface area contributed by atoms with E-state index in [9.17, 15) is 14.9 Å². The van der Waals surface area contributed by atoms with Crippen LogP contribution in [-0.4, -0.2) is 37.4 Å². The van der Waals surface area contributed by atoms with E-state index in [1.54, 1.807) is 48.5 Å². The van der Waals surface area contributed by atoms with Gasteiger partial charge in [0.15, 0.2) is 23.0 Å². The fourth-order valence-corrected chi connectivity index (χ4v) is 3.52. The number of hydrogen-bond donors (Lipinski definition) is 1. The van der Waals surface area contributed by atoms with Crippen molar-refractivity contribution in [3.63, 3.8) is 0 Å². The quantitative estimate of drug-likeness (QED) is 0.130. The fourth-order valence-electron chi connectivity index (χ4n) is 3.24. The van der Waals surface area contributed by atoms with E-state index in [0.717, 1.165) is 5.56 Å². The average molecular weight is 540 g/mol. The topological polar surface area (TPSA) is 122 Å². The second-order valence-corrected chi connectivity index (χ2v) is 8.05. The van der Waals surface area contributed by atoms with Crippen molar-refractivity contribution < 1.29 is 28.7 Å². The van der Waals surface area contributed by atoms with Crippen molar-refractivity contribution in [2.24, 2.45) is 5.10 Å². The van der Waals surface area contributed by atoms with Crippen LogP contribution in [0.1, 0.15) is 28.4 Å². The first-order chi connectivity index (χ1) is 18.4. The lowest BCUT2D eigenvalue weighted by molar-refractivity contribution is -0.384.